The van der Waals surface area contributed by atoms with Gasteiger partial charge in [0.2, 0.25) is 0 Å². The highest BCUT2D eigenvalue weighted by molar-refractivity contribution is 7.92. The zero-order valence-electron chi connectivity index (χ0n) is 15.5. The fourth-order valence-electron chi connectivity index (χ4n) is 2.40. The molecule has 1 heterocycles. The Kier molecular flexibility index (Phi) is 6.42. The summed E-state index contributed by atoms with van der Waals surface area (Å²) in [6.45, 7) is 2.38. The molecule has 0 spiro atoms. The second-order valence-electron chi connectivity index (χ2n) is 6.26. The van der Waals surface area contributed by atoms with Crippen LogP contribution in [0.2, 0.25) is 0 Å². The van der Waals surface area contributed by atoms with Crippen molar-refractivity contribution in [3.8, 4) is 0 Å². The van der Waals surface area contributed by atoms with Gasteiger partial charge in [-0.25, -0.2) is 13.4 Å². The molecule has 1 aromatic heterocycles. The fourth-order valence-corrected chi connectivity index (χ4v) is 4.71. The molecule has 1 N–H and O–H groups in total. The van der Waals surface area contributed by atoms with Crippen LogP contribution in [0.25, 0.3) is 0 Å². The summed E-state index contributed by atoms with van der Waals surface area (Å²) in [7, 11) is -1.76. The van der Waals surface area contributed by atoms with Gasteiger partial charge in [-0.1, -0.05) is 17.3 Å². The number of methoxy groups -OCH3 is 1. The molecule has 3 rings (SSSR count). The van der Waals surface area contributed by atoms with Gasteiger partial charge in [-0.05, 0) is 31.9 Å². The highest BCUT2D eigenvalue weighted by atomic mass is 32.2. The minimum atomic E-state index is -3.30. The summed E-state index contributed by atoms with van der Waals surface area (Å²) in [4.78, 5) is 23.2. The maximum atomic E-state index is 12.7. The van der Waals surface area contributed by atoms with E-state index in [2.05, 4.69) is 15.5 Å². The third-order valence-corrected chi connectivity index (χ3v) is 7.12. The summed E-state index contributed by atoms with van der Waals surface area (Å²) in [5, 5.41) is 6.76. The van der Waals surface area contributed by atoms with Gasteiger partial charge < -0.3 is 9.57 Å². The summed E-state index contributed by atoms with van der Waals surface area (Å²) in [6, 6.07) is 6.10. The van der Waals surface area contributed by atoms with Gasteiger partial charge in [0, 0.05) is 23.7 Å². The summed E-state index contributed by atoms with van der Waals surface area (Å²) in [5.41, 5.74) is 0.470. The van der Waals surface area contributed by atoms with Gasteiger partial charge in [-0.2, -0.15) is 0 Å². The van der Waals surface area contributed by atoms with Crippen molar-refractivity contribution in [2.24, 2.45) is 5.16 Å². The number of nitrogens with one attached hydrogen (secondary N) is 1. The number of oxime groups is 1. The standard InChI is InChI=1S/C18H21N3O5S2/c1-12-11-19-18(27-12)20-17(22)16(21-26-10-9-25-2)13-3-5-14(6-4-13)28(23,24)15-7-8-15/h3-6,11,15H,7-10H2,1-2H3,(H,19,20,22). The summed E-state index contributed by atoms with van der Waals surface area (Å²) < 4.78 is 29.6. The highest BCUT2D eigenvalue weighted by Crippen LogP contribution is 2.33. The summed E-state index contributed by atoms with van der Waals surface area (Å²) in [6.07, 6.45) is 3.04. The molecule has 0 atom stereocenters. The molecule has 10 heteroatoms. The first-order valence-corrected chi connectivity index (χ1v) is 11.0. The maximum Gasteiger partial charge on any atom is 0.280 e. The average Bonchev–Trinajstić information content (AvgIpc) is 3.46. The number of rotatable bonds is 9. The first-order valence-electron chi connectivity index (χ1n) is 8.69. The third-order valence-electron chi connectivity index (χ3n) is 4.01. The van der Waals surface area contributed by atoms with Crippen molar-refractivity contribution < 1.29 is 22.8 Å². The minimum absolute atomic E-state index is 0.0272. The number of carbonyl (C=O) groups excluding carboxylic acids is 1. The van der Waals surface area contributed by atoms with Gasteiger partial charge in [-0.3, -0.25) is 10.1 Å². The normalized spacial score (nSPS) is 14.7. The van der Waals surface area contributed by atoms with Gasteiger partial charge in [0.25, 0.3) is 5.91 Å². The van der Waals surface area contributed by atoms with Gasteiger partial charge in [0.1, 0.15) is 6.61 Å². The Morgan fingerprint density at radius 3 is 2.57 bits per heavy atom. The van der Waals surface area contributed by atoms with Crippen LogP contribution in [0.3, 0.4) is 0 Å². The summed E-state index contributed by atoms with van der Waals surface area (Å²) in [5.74, 6) is -0.496. The molecule has 0 saturated heterocycles. The number of carbonyl (C=O) groups is 1. The van der Waals surface area contributed by atoms with Gasteiger partial charge in [-0.15, -0.1) is 11.3 Å². The number of amides is 1. The Balaban J connectivity index is 1.82. The molecule has 1 amide bonds. The molecule has 2 aromatic rings. The topological polar surface area (TPSA) is 107 Å². The van der Waals surface area contributed by atoms with E-state index in [9.17, 15) is 13.2 Å². The maximum absolute atomic E-state index is 12.7. The monoisotopic (exact) mass is 423 g/mol. The fraction of sp³-hybridized carbons (Fsp3) is 0.389. The van der Waals surface area contributed by atoms with E-state index in [0.717, 1.165) is 4.88 Å². The molecule has 1 aliphatic carbocycles. The quantitative estimate of drug-likeness (QED) is 0.377. The zero-order chi connectivity index (χ0) is 20.1. The van der Waals surface area contributed by atoms with Gasteiger partial charge in [0.15, 0.2) is 20.7 Å². The van der Waals surface area contributed by atoms with Crippen molar-refractivity contribution >= 4 is 37.9 Å². The van der Waals surface area contributed by atoms with Crippen molar-refractivity contribution in [2.45, 2.75) is 29.9 Å². The number of benzene rings is 1. The molecule has 0 radical (unpaired) electrons. The lowest BCUT2D eigenvalue weighted by Crippen LogP contribution is -2.24. The molecular weight excluding hydrogens is 402 g/mol. The van der Waals surface area contributed by atoms with Crippen molar-refractivity contribution in [2.75, 3.05) is 25.6 Å². The van der Waals surface area contributed by atoms with Crippen LogP contribution in [0, 0.1) is 6.92 Å². The van der Waals surface area contributed by atoms with E-state index in [4.69, 9.17) is 9.57 Å². The molecule has 0 unspecified atom stereocenters. The van der Waals surface area contributed by atoms with Crippen LogP contribution in [0.15, 0.2) is 40.5 Å². The van der Waals surface area contributed by atoms with Crippen LogP contribution in [-0.2, 0) is 24.2 Å². The van der Waals surface area contributed by atoms with E-state index in [1.807, 2.05) is 6.92 Å². The molecule has 1 aliphatic rings. The van der Waals surface area contributed by atoms with E-state index in [1.54, 1.807) is 18.3 Å². The number of hydrogen-bond donors (Lipinski definition) is 1. The first-order chi connectivity index (χ1) is 13.4. The number of nitrogens with zero attached hydrogens (tertiary/aromatic N) is 2. The summed E-state index contributed by atoms with van der Waals surface area (Å²) >= 11 is 1.34. The Morgan fingerprint density at radius 1 is 1.29 bits per heavy atom. The van der Waals surface area contributed by atoms with Gasteiger partial charge in [0.05, 0.1) is 16.8 Å². The van der Waals surface area contributed by atoms with Crippen LogP contribution < -0.4 is 5.32 Å². The van der Waals surface area contributed by atoms with Crippen molar-refractivity contribution in [3.05, 3.63) is 40.9 Å². The molecular formula is C18H21N3O5S2. The van der Waals surface area contributed by atoms with Crippen LogP contribution in [0.1, 0.15) is 23.3 Å². The Morgan fingerprint density at radius 2 is 2.00 bits per heavy atom. The predicted molar refractivity (Wildman–Crippen MR) is 106 cm³/mol. The second-order valence-corrected chi connectivity index (χ2v) is 9.73. The molecule has 1 saturated carbocycles. The number of anilines is 1. The lowest BCUT2D eigenvalue weighted by Gasteiger charge is -2.08. The van der Waals surface area contributed by atoms with Crippen molar-refractivity contribution in [1.29, 1.82) is 0 Å². The number of aryl methyl sites for hydroxylation is 1. The smallest absolute Gasteiger partial charge is 0.280 e. The van der Waals surface area contributed by atoms with E-state index in [-0.39, 0.29) is 22.5 Å². The molecule has 1 fully saturated rings. The second kappa shape index (κ2) is 8.80. The Bertz CT molecular complexity index is 963. The van der Waals surface area contributed by atoms with Gasteiger partial charge >= 0.3 is 0 Å². The number of sulfone groups is 1. The lowest BCUT2D eigenvalue weighted by atomic mass is 10.1. The molecule has 150 valence electrons. The minimum Gasteiger partial charge on any atom is -0.393 e. The van der Waals surface area contributed by atoms with Crippen molar-refractivity contribution in [1.82, 2.24) is 4.98 Å². The number of hydrogen-bond acceptors (Lipinski definition) is 8. The van der Waals surface area contributed by atoms with Crippen LogP contribution in [0.4, 0.5) is 5.13 Å². The predicted octanol–water partition coefficient (Wildman–Crippen LogP) is 2.39. The molecule has 28 heavy (non-hydrogen) atoms. The van der Waals surface area contributed by atoms with E-state index in [1.165, 1.54) is 30.6 Å². The number of aromatic nitrogens is 1. The van der Waals surface area contributed by atoms with Crippen LogP contribution in [-0.4, -0.2) is 50.6 Å². The Labute approximate surface area is 167 Å². The molecule has 1 aromatic carbocycles. The Hall–Kier alpha value is -2.30. The molecule has 8 nitrogen and oxygen atoms in total. The molecule has 0 bridgehead atoms. The largest absolute Gasteiger partial charge is 0.393 e. The average molecular weight is 424 g/mol. The van der Waals surface area contributed by atoms with E-state index >= 15 is 0 Å². The van der Waals surface area contributed by atoms with Crippen LogP contribution >= 0.6 is 11.3 Å². The molecule has 0 aliphatic heterocycles. The highest BCUT2D eigenvalue weighted by Gasteiger charge is 2.36. The lowest BCUT2D eigenvalue weighted by molar-refractivity contribution is -0.110. The number of ether oxygens (including phenoxy) is 1. The SMILES string of the molecule is COCCON=C(C(=O)Nc1ncc(C)s1)c1ccc(S(=O)(=O)C2CC2)cc1. The number of thiazole rings is 1. The van der Waals surface area contributed by atoms with E-state index < -0.39 is 15.7 Å². The third kappa shape index (κ3) is 4.94. The zero-order valence-corrected chi connectivity index (χ0v) is 17.2. The first kappa shape index (κ1) is 20.4. The van der Waals surface area contributed by atoms with E-state index in [0.29, 0.717) is 30.1 Å². The van der Waals surface area contributed by atoms with Crippen LogP contribution in [0.5, 0.6) is 0 Å². The van der Waals surface area contributed by atoms with Crippen molar-refractivity contribution in [3.63, 3.8) is 0 Å².